The molecule has 0 bridgehead atoms. The molecule has 0 aliphatic heterocycles. The van der Waals surface area contributed by atoms with Gasteiger partial charge in [0.15, 0.2) is 0 Å². The molecule has 4 atom stereocenters. The lowest BCUT2D eigenvalue weighted by molar-refractivity contribution is -0.0490. The van der Waals surface area contributed by atoms with E-state index in [1.807, 2.05) is 12.1 Å². The van der Waals surface area contributed by atoms with Gasteiger partial charge in [-0.2, -0.15) is 0 Å². The van der Waals surface area contributed by atoms with Gasteiger partial charge >= 0.3 is 0 Å². The predicted molar refractivity (Wildman–Crippen MR) is 84.7 cm³/mol. The zero-order valence-corrected chi connectivity index (χ0v) is 13.4. The molecule has 1 aromatic carbocycles. The van der Waals surface area contributed by atoms with Gasteiger partial charge in [-0.1, -0.05) is 39.0 Å². The van der Waals surface area contributed by atoms with E-state index < -0.39 is 0 Å². The fourth-order valence-corrected chi connectivity index (χ4v) is 3.10. The highest BCUT2D eigenvalue weighted by atomic mass is 19.1. The molecule has 21 heavy (non-hydrogen) atoms. The fourth-order valence-electron chi connectivity index (χ4n) is 3.10. The van der Waals surface area contributed by atoms with Crippen LogP contribution in [0.25, 0.3) is 0 Å². The van der Waals surface area contributed by atoms with Crippen LogP contribution in [0, 0.1) is 17.7 Å². The second-order valence-electron chi connectivity index (χ2n) is 6.34. The monoisotopic (exact) mass is 293 g/mol. The molecule has 1 aliphatic carbocycles. The van der Waals surface area contributed by atoms with Crippen molar-refractivity contribution in [2.75, 3.05) is 13.1 Å². The van der Waals surface area contributed by atoms with E-state index in [0.717, 1.165) is 25.3 Å². The molecule has 0 saturated heterocycles. The average molecular weight is 293 g/mol. The molecule has 0 heterocycles. The van der Waals surface area contributed by atoms with Crippen LogP contribution < -0.4 is 5.32 Å². The Bertz CT molecular complexity index is 437. The average Bonchev–Trinajstić information content (AvgIpc) is 2.48. The number of hydrogen-bond acceptors (Lipinski definition) is 2. The third-order valence-electron chi connectivity index (χ3n) is 4.74. The maximum absolute atomic E-state index is 14.1. The van der Waals surface area contributed by atoms with Crippen LogP contribution in [-0.2, 0) is 4.74 Å². The van der Waals surface area contributed by atoms with Crippen molar-refractivity contribution in [3.63, 3.8) is 0 Å². The van der Waals surface area contributed by atoms with Crippen LogP contribution in [0.5, 0.6) is 0 Å². The van der Waals surface area contributed by atoms with Crippen molar-refractivity contribution in [1.29, 1.82) is 0 Å². The minimum absolute atomic E-state index is 0.169. The molecule has 3 heteroatoms. The maximum Gasteiger partial charge on any atom is 0.129 e. The van der Waals surface area contributed by atoms with Crippen LogP contribution in [0.1, 0.15) is 51.7 Å². The zero-order valence-electron chi connectivity index (χ0n) is 13.4. The van der Waals surface area contributed by atoms with Crippen LogP contribution >= 0.6 is 0 Å². The first kappa shape index (κ1) is 16.4. The van der Waals surface area contributed by atoms with E-state index in [0.29, 0.717) is 18.0 Å². The summed E-state index contributed by atoms with van der Waals surface area (Å²) < 4.78 is 20.3. The summed E-state index contributed by atoms with van der Waals surface area (Å²) in [4.78, 5) is 0. The van der Waals surface area contributed by atoms with Crippen molar-refractivity contribution in [1.82, 2.24) is 5.32 Å². The molecule has 2 nitrogen and oxygen atoms in total. The molecular weight excluding hydrogens is 265 g/mol. The van der Waals surface area contributed by atoms with Crippen molar-refractivity contribution in [3.05, 3.63) is 35.6 Å². The van der Waals surface area contributed by atoms with Crippen molar-refractivity contribution in [2.45, 2.75) is 52.2 Å². The second-order valence-corrected chi connectivity index (χ2v) is 6.34. The van der Waals surface area contributed by atoms with E-state index >= 15 is 0 Å². The number of hydrogen-bond donors (Lipinski definition) is 1. The highest BCUT2D eigenvalue weighted by molar-refractivity contribution is 5.20. The lowest BCUT2D eigenvalue weighted by Gasteiger charge is -2.34. The van der Waals surface area contributed by atoms with Gasteiger partial charge in [-0.25, -0.2) is 4.39 Å². The molecule has 1 aliphatic rings. The Kier molecular flexibility index (Phi) is 6.19. The minimum Gasteiger partial charge on any atom is -0.369 e. The highest BCUT2D eigenvalue weighted by Crippen LogP contribution is 2.34. The Labute approximate surface area is 128 Å². The zero-order chi connectivity index (χ0) is 15.2. The van der Waals surface area contributed by atoms with Gasteiger partial charge in [-0.3, -0.25) is 0 Å². The molecule has 0 amide bonds. The van der Waals surface area contributed by atoms with Gasteiger partial charge in [0.1, 0.15) is 5.82 Å². The summed E-state index contributed by atoms with van der Waals surface area (Å²) in [7, 11) is 0. The Balaban J connectivity index is 2.05. The molecule has 2 rings (SSSR count). The van der Waals surface area contributed by atoms with Gasteiger partial charge < -0.3 is 10.1 Å². The summed E-state index contributed by atoms with van der Waals surface area (Å²) in [6, 6.07) is 6.97. The summed E-state index contributed by atoms with van der Waals surface area (Å²) >= 11 is 0. The van der Waals surface area contributed by atoms with Crippen LogP contribution in [-0.4, -0.2) is 19.2 Å². The van der Waals surface area contributed by atoms with Gasteiger partial charge in [0, 0.05) is 12.1 Å². The van der Waals surface area contributed by atoms with Crippen LogP contribution in [0.2, 0.25) is 0 Å². The Morgan fingerprint density at radius 2 is 2.00 bits per heavy atom. The van der Waals surface area contributed by atoms with Crippen molar-refractivity contribution >= 4 is 0 Å². The Morgan fingerprint density at radius 3 is 2.67 bits per heavy atom. The number of likely N-dealkylation sites (N-methyl/N-ethyl adjacent to an activating group) is 1. The first-order valence-electron chi connectivity index (χ1n) is 8.22. The van der Waals surface area contributed by atoms with E-state index in [9.17, 15) is 4.39 Å². The van der Waals surface area contributed by atoms with Crippen molar-refractivity contribution < 1.29 is 9.13 Å². The SMILES string of the molecule is CCNCC(OC1CCC(C)C(C)C1)c1ccccc1F. The molecule has 0 spiro atoms. The minimum atomic E-state index is -0.197. The van der Waals surface area contributed by atoms with E-state index in [1.54, 1.807) is 6.07 Å². The van der Waals surface area contributed by atoms with Crippen LogP contribution in [0.15, 0.2) is 24.3 Å². The summed E-state index contributed by atoms with van der Waals surface area (Å²) in [5.41, 5.74) is 0.671. The normalized spacial score (nSPS) is 27.5. The standard InChI is InChI=1S/C18H28FNO/c1-4-20-12-18(16-7-5-6-8-17(16)19)21-15-10-9-13(2)14(3)11-15/h5-8,13-15,18,20H,4,9-12H2,1-3H3. The molecule has 1 N–H and O–H groups in total. The van der Waals surface area contributed by atoms with Crippen LogP contribution in [0.3, 0.4) is 0 Å². The van der Waals surface area contributed by atoms with Gasteiger partial charge in [-0.15, -0.1) is 0 Å². The van der Waals surface area contributed by atoms with E-state index in [1.165, 1.54) is 12.5 Å². The molecule has 1 aromatic rings. The Hall–Kier alpha value is -0.930. The molecule has 4 unspecified atom stereocenters. The third-order valence-corrected chi connectivity index (χ3v) is 4.74. The van der Waals surface area contributed by atoms with Crippen molar-refractivity contribution in [3.8, 4) is 0 Å². The first-order chi connectivity index (χ1) is 10.1. The smallest absolute Gasteiger partial charge is 0.129 e. The molecular formula is C18H28FNO. The van der Waals surface area contributed by atoms with E-state index in [2.05, 4.69) is 26.1 Å². The van der Waals surface area contributed by atoms with E-state index in [4.69, 9.17) is 4.74 Å². The third kappa shape index (κ3) is 4.52. The molecule has 1 saturated carbocycles. The van der Waals surface area contributed by atoms with Gasteiger partial charge in [-0.05, 0) is 43.7 Å². The van der Waals surface area contributed by atoms with Gasteiger partial charge in [0.25, 0.3) is 0 Å². The molecule has 0 radical (unpaired) electrons. The largest absolute Gasteiger partial charge is 0.369 e. The predicted octanol–water partition coefficient (Wildman–Crippen LogP) is 4.32. The topological polar surface area (TPSA) is 21.3 Å². The highest BCUT2D eigenvalue weighted by Gasteiger charge is 2.28. The summed E-state index contributed by atoms with van der Waals surface area (Å²) in [5.74, 6) is 1.28. The van der Waals surface area contributed by atoms with Crippen LogP contribution in [0.4, 0.5) is 4.39 Å². The maximum atomic E-state index is 14.1. The quantitative estimate of drug-likeness (QED) is 0.843. The lowest BCUT2D eigenvalue weighted by atomic mass is 9.80. The number of nitrogens with one attached hydrogen (secondary N) is 1. The first-order valence-corrected chi connectivity index (χ1v) is 8.22. The number of halogens is 1. The van der Waals surface area contributed by atoms with E-state index in [-0.39, 0.29) is 18.0 Å². The fraction of sp³-hybridized carbons (Fsp3) is 0.667. The number of rotatable bonds is 6. The summed E-state index contributed by atoms with van der Waals surface area (Å²) in [6.45, 7) is 8.20. The summed E-state index contributed by atoms with van der Waals surface area (Å²) in [6.07, 6.45) is 3.42. The van der Waals surface area contributed by atoms with Crippen molar-refractivity contribution in [2.24, 2.45) is 11.8 Å². The second kappa shape index (κ2) is 7.90. The molecule has 118 valence electrons. The number of benzene rings is 1. The molecule has 0 aromatic heterocycles. The summed E-state index contributed by atoms with van der Waals surface area (Å²) in [5, 5.41) is 3.29. The van der Waals surface area contributed by atoms with Gasteiger partial charge in [0.2, 0.25) is 0 Å². The number of ether oxygens (including phenoxy) is 1. The van der Waals surface area contributed by atoms with Gasteiger partial charge in [0.05, 0.1) is 12.2 Å². The lowest BCUT2D eigenvalue weighted by Crippen LogP contribution is -2.32. The Morgan fingerprint density at radius 1 is 1.24 bits per heavy atom. The molecule has 1 fully saturated rings.